The van der Waals surface area contributed by atoms with Gasteiger partial charge in [-0.15, -0.1) is 11.3 Å². The number of carbonyl (C=O) groups is 1. The number of carbonyl (C=O) groups excluding carboxylic acids is 1. The molecule has 0 saturated carbocycles. The van der Waals surface area contributed by atoms with Gasteiger partial charge in [0.2, 0.25) is 5.91 Å². The van der Waals surface area contributed by atoms with E-state index in [-0.39, 0.29) is 18.4 Å². The van der Waals surface area contributed by atoms with Crippen LogP contribution >= 0.6 is 11.3 Å². The molecule has 0 aromatic carbocycles. The second-order valence-corrected chi connectivity index (χ2v) is 7.26. The molecule has 4 heterocycles. The van der Waals surface area contributed by atoms with Crippen molar-refractivity contribution < 1.29 is 4.79 Å². The van der Waals surface area contributed by atoms with E-state index < -0.39 is 0 Å². The molecule has 0 fully saturated rings. The minimum atomic E-state index is -0.134. The van der Waals surface area contributed by atoms with Gasteiger partial charge in [0.25, 0.3) is 0 Å². The first-order valence-corrected chi connectivity index (χ1v) is 9.47. The van der Waals surface area contributed by atoms with E-state index in [0.29, 0.717) is 5.69 Å². The smallest absolute Gasteiger partial charge is 0.230 e. The average molecular weight is 378 g/mol. The predicted octanol–water partition coefficient (Wildman–Crippen LogP) is 3.71. The summed E-state index contributed by atoms with van der Waals surface area (Å²) in [7, 11) is 0. The molecular weight excluding hydrogens is 360 g/mol. The van der Waals surface area contributed by atoms with Crippen LogP contribution in [0.1, 0.15) is 25.6 Å². The molecule has 4 aromatic heterocycles. The maximum absolute atomic E-state index is 12.4. The maximum atomic E-state index is 12.4. The van der Waals surface area contributed by atoms with Crippen LogP contribution in [0.25, 0.3) is 21.7 Å². The Bertz CT molecular complexity index is 1090. The van der Waals surface area contributed by atoms with Gasteiger partial charge in [-0.05, 0) is 32.0 Å². The van der Waals surface area contributed by atoms with Crippen LogP contribution < -0.4 is 5.32 Å². The molecule has 0 saturated heterocycles. The second kappa shape index (κ2) is 7.24. The molecule has 0 spiro atoms. The number of thiazole rings is 1. The highest BCUT2D eigenvalue weighted by Crippen LogP contribution is 2.22. The number of nitrogens with zero attached hydrogens (tertiary/aromatic N) is 5. The second-order valence-electron chi connectivity index (χ2n) is 6.40. The molecule has 27 heavy (non-hydrogen) atoms. The van der Waals surface area contributed by atoms with Gasteiger partial charge in [-0.3, -0.25) is 9.78 Å². The first kappa shape index (κ1) is 17.3. The highest BCUT2D eigenvalue weighted by molar-refractivity contribution is 7.13. The Morgan fingerprint density at radius 2 is 2.15 bits per heavy atom. The van der Waals surface area contributed by atoms with Gasteiger partial charge in [-0.1, -0.05) is 6.07 Å². The quantitative estimate of drug-likeness (QED) is 0.572. The van der Waals surface area contributed by atoms with Gasteiger partial charge in [0, 0.05) is 23.0 Å². The molecule has 0 unspecified atom stereocenters. The fourth-order valence-electron chi connectivity index (χ4n) is 2.75. The van der Waals surface area contributed by atoms with Gasteiger partial charge in [-0.2, -0.15) is 5.10 Å². The summed E-state index contributed by atoms with van der Waals surface area (Å²) < 4.78 is 1.86. The predicted molar refractivity (Wildman–Crippen MR) is 106 cm³/mol. The van der Waals surface area contributed by atoms with Gasteiger partial charge in [-0.25, -0.2) is 14.6 Å². The van der Waals surface area contributed by atoms with Crippen molar-refractivity contribution in [1.29, 1.82) is 0 Å². The van der Waals surface area contributed by atoms with Crippen LogP contribution in [0.2, 0.25) is 0 Å². The molecule has 8 heteroatoms. The summed E-state index contributed by atoms with van der Waals surface area (Å²) in [6.07, 6.45) is 5.35. The highest BCUT2D eigenvalue weighted by Gasteiger charge is 2.12. The zero-order valence-electron chi connectivity index (χ0n) is 15.0. The molecule has 136 valence electrons. The normalized spacial score (nSPS) is 11.2. The Balaban J connectivity index is 1.45. The van der Waals surface area contributed by atoms with Gasteiger partial charge < -0.3 is 5.32 Å². The number of fused-ring (bicyclic) bond motifs is 1. The summed E-state index contributed by atoms with van der Waals surface area (Å²) in [4.78, 5) is 25.6. The Morgan fingerprint density at radius 1 is 1.26 bits per heavy atom. The van der Waals surface area contributed by atoms with Crippen molar-refractivity contribution >= 4 is 34.0 Å². The Labute approximate surface area is 160 Å². The number of amides is 1. The van der Waals surface area contributed by atoms with E-state index in [4.69, 9.17) is 0 Å². The minimum Gasteiger partial charge on any atom is -0.324 e. The van der Waals surface area contributed by atoms with E-state index in [9.17, 15) is 4.79 Å². The molecule has 0 radical (unpaired) electrons. The van der Waals surface area contributed by atoms with E-state index in [0.717, 1.165) is 27.4 Å². The monoisotopic (exact) mass is 378 g/mol. The van der Waals surface area contributed by atoms with Crippen LogP contribution in [-0.4, -0.2) is 30.6 Å². The fraction of sp³-hybridized carbons (Fsp3) is 0.211. The average Bonchev–Trinajstić information content (AvgIpc) is 3.29. The van der Waals surface area contributed by atoms with Crippen LogP contribution in [0.4, 0.5) is 5.69 Å². The van der Waals surface area contributed by atoms with Crippen LogP contribution in [0.3, 0.4) is 0 Å². The SMILES string of the molecule is CC(C)n1ncc2cc(NC(=O)Cc3csc(-c4ccccn4)n3)cnc21. The molecule has 0 atom stereocenters. The third-order valence-corrected chi connectivity index (χ3v) is 4.90. The third-order valence-electron chi connectivity index (χ3n) is 3.98. The number of rotatable bonds is 5. The molecule has 4 rings (SSSR count). The van der Waals surface area contributed by atoms with Crippen molar-refractivity contribution in [3.05, 3.63) is 53.9 Å². The molecular formula is C19H18N6OS. The van der Waals surface area contributed by atoms with E-state index in [1.165, 1.54) is 11.3 Å². The molecule has 0 bridgehead atoms. The topological polar surface area (TPSA) is 85.6 Å². The van der Waals surface area contributed by atoms with Crippen LogP contribution in [0.5, 0.6) is 0 Å². The number of hydrogen-bond donors (Lipinski definition) is 1. The molecule has 0 aliphatic rings. The summed E-state index contributed by atoms with van der Waals surface area (Å²) in [5.41, 5.74) is 2.99. The molecule has 1 N–H and O–H groups in total. The lowest BCUT2D eigenvalue weighted by atomic mass is 10.3. The van der Waals surface area contributed by atoms with Crippen molar-refractivity contribution in [1.82, 2.24) is 24.7 Å². The van der Waals surface area contributed by atoms with E-state index in [1.807, 2.05) is 34.3 Å². The molecule has 1 amide bonds. The Hall–Kier alpha value is -3.13. The van der Waals surface area contributed by atoms with Crippen molar-refractivity contribution in [3.8, 4) is 10.7 Å². The minimum absolute atomic E-state index is 0.134. The summed E-state index contributed by atoms with van der Waals surface area (Å²) in [5, 5.41) is 10.8. The summed E-state index contributed by atoms with van der Waals surface area (Å²) in [6, 6.07) is 7.79. The third kappa shape index (κ3) is 3.70. The van der Waals surface area contributed by atoms with Crippen molar-refractivity contribution in [2.75, 3.05) is 5.32 Å². The van der Waals surface area contributed by atoms with Crippen molar-refractivity contribution in [3.63, 3.8) is 0 Å². The lowest BCUT2D eigenvalue weighted by Gasteiger charge is -2.07. The van der Waals surface area contributed by atoms with Crippen LogP contribution in [0.15, 0.2) is 48.2 Å². The van der Waals surface area contributed by atoms with Crippen LogP contribution in [-0.2, 0) is 11.2 Å². The van der Waals surface area contributed by atoms with Crippen molar-refractivity contribution in [2.24, 2.45) is 0 Å². The van der Waals surface area contributed by atoms with E-state index >= 15 is 0 Å². The van der Waals surface area contributed by atoms with Gasteiger partial charge >= 0.3 is 0 Å². The lowest BCUT2D eigenvalue weighted by Crippen LogP contribution is -2.14. The maximum Gasteiger partial charge on any atom is 0.230 e. The number of aromatic nitrogens is 5. The van der Waals surface area contributed by atoms with Crippen LogP contribution in [0, 0.1) is 0 Å². The standard InChI is InChI=1S/C19H18N6OS/c1-12(2)25-18-13(9-22-25)7-14(10-21-18)23-17(26)8-15-11-27-19(24-15)16-5-3-4-6-20-16/h3-7,9-12H,8H2,1-2H3,(H,23,26). The first-order chi connectivity index (χ1) is 13.1. The number of pyridine rings is 2. The highest BCUT2D eigenvalue weighted by atomic mass is 32.1. The summed E-state index contributed by atoms with van der Waals surface area (Å²) in [5.74, 6) is -0.134. The van der Waals surface area contributed by atoms with Gasteiger partial charge in [0.1, 0.15) is 5.01 Å². The largest absolute Gasteiger partial charge is 0.324 e. The number of anilines is 1. The molecule has 0 aliphatic carbocycles. The molecule has 0 aliphatic heterocycles. The van der Waals surface area contributed by atoms with E-state index in [1.54, 1.807) is 18.6 Å². The van der Waals surface area contributed by atoms with Gasteiger partial charge in [0.15, 0.2) is 5.65 Å². The Morgan fingerprint density at radius 3 is 2.93 bits per heavy atom. The summed E-state index contributed by atoms with van der Waals surface area (Å²) >= 11 is 1.48. The zero-order valence-corrected chi connectivity index (χ0v) is 15.8. The first-order valence-electron chi connectivity index (χ1n) is 8.59. The number of nitrogens with one attached hydrogen (secondary N) is 1. The van der Waals surface area contributed by atoms with E-state index in [2.05, 4.69) is 39.2 Å². The molecule has 4 aromatic rings. The number of hydrogen-bond acceptors (Lipinski definition) is 6. The Kier molecular flexibility index (Phi) is 4.64. The molecule has 7 nitrogen and oxygen atoms in total. The van der Waals surface area contributed by atoms with Gasteiger partial charge in [0.05, 0.1) is 35.9 Å². The fourth-order valence-corrected chi connectivity index (χ4v) is 3.55. The van der Waals surface area contributed by atoms with Crippen molar-refractivity contribution in [2.45, 2.75) is 26.3 Å². The zero-order chi connectivity index (χ0) is 18.8. The summed E-state index contributed by atoms with van der Waals surface area (Å²) in [6.45, 7) is 4.10. The lowest BCUT2D eigenvalue weighted by molar-refractivity contribution is -0.115.